The van der Waals surface area contributed by atoms with Gasteiger partial charge in [0.2, 0.25) is 0 Å². The third kappa shape index (κ3) is 4.27. The van der Waals surface area contributed by atoms with Gasteiger partial charge in [0.1, 0.15) is 5.60 Å². The Morgan fingerprint density at radius 3 is 2.70 bits per heavy atom. The van der Waals surface area contributed by atoms with Crippen molar-refractivity contribution in [1.82, 2.24) is 15.6 Å². The maximum Gasteiger partial charge on any atom is 0.408 e. The molecule has 5 heteroatoms. The van der Waals surface area contributed by atoms with Crippen LogP contribution in [0.25, 0.3) is 0 Å². The second-order valence-corrected chi connectivity index (χ2v) is 6.58. The largest absolute Gasteiger partial charge is 0.444 e. The number of carbonyl (C=O) groups is 1. The van der Waals surface area contributed by atoms with Crippen LogP contribution in [0, 0.1) is 0 Å². The number of hydrogen-bond donors (Lipinski definition) is 3. The highest BCUT2D eigenvalue weighted by Crippen LogP contribution is 2.31. The molecule has 0 saturated heterocycles. The molecule has 1 aromatic rings. The van der Waals surface area contributed by atoms with E-state index in [0.717, 1.165) is 32.4 Å². The average molecular weight is 279 g/mol. The molecule has 1 aliphatic rings. The van der Waals surface area contributed by atoms with Crippen LogP contribution in [0.5, 0.6) is 0 Å². The van der Waals surface area contributed by atoms with Gasteiger partial charge in [-0.3, -0.25) is 0 Å². The molecule has 0 spiro atoms. The number of ether oxygens (including phenoxy) is 1. The summed E-state index contributed by atoms with van der Waals surface area (Å²) in [4.78, 5) is 14.9. The number of H-pyrrole nitrogens is 1. The Morgan fingerprint density at radius 2 is 2.20 bits per heavy atom. The molecule has 3 N–H and O–H groups in total. The van der Waals surface area contributed by atoms with Crippen LogP contribution in [-0.4, -0.2) is 28.8 Å². The molecule has 1 fully saturated rings. The van der Waals surface area contributed by atoms with Gasteiger partial charge in [-0.15, -0.1) is 0 Å². The van der Waals surface area contributed by atoms with Crippen molar-refractivity contribution in [2.75, 3.05) is 6.54 Å². The number of aromatic nitrogens is 1. The van der Waals surface area contributed by atoms with Gasteiger partial charge in [-0.2, -0.15) is 0 Å². The summed E-state index contributed by atoms with van der Waals surface area (Å²) in [5.41, 5.74) is 0.628. The first-order chi connectivity index (χ1) is 9.39. The van der Waals surface area contributed by atoms with Crippen molar-refractivity contribution in [1.29, 1.82) is 0 Å². The summed E-state index contributed by atoms with van der Waals surface area (Å²) in [6, 6.07) is 2.04. The van der Waals surface area contributed by atoms with Crippen molar-refractivity contribution in [2.24, 2.45) is 0 Å². The van der Waals surface area contributed by atoms with E-state index in [0.29, 0.717) is 0 Å². The summed E-state index contributed by atoms with van der Waals surface area (Å²) < 4.78 is 5.34. The zero-order valence-electron chi connectivity index (χ0n) is 12.6. The highest BCUT2D eigenvalue weighted by atomic mass is 16.6. The number of nitrogens with one attached hydrogen (secondary N) is 3. The Labute approximate surface area is 120 Å². The number of aromatic amines is 1. The standard InChI is InChI=1S/C15H25N3O2/c1-14(2,3)20-13(19)18-15(6-4-7-15)11-17-10-12-5-8-16-9-12/h5,8-9,16-17H,4,6-7,10-11H2,1-3H3,(H,18,19). The van der Waals surface area contributed by atoms with Crippen LogP contribution in [0.3, 0.4) is 0 Å². The third-order valence-electron chi connectivity index (χ3n) is 3.53. The van der Waals surface area contributed by atoms with Crippen molar-refractivity contribution < 1.29 is 9.53 Å². The number of amides is 1. The van der Waals surface area contributed by atoms with Crippen LogP contribution in [-0.2, 0) is 11.3 Å². The van der Waals surface area contributed by atoms with Gasteiger partial charge < -0.3 is 20.4 Å². The molecule has 1 saturated carbocycles. The van der Waals surface area contributed by atoms with Crippen LogP contribution in [0.1, 0.15) is 45.6 Å². The van der Waals surface area contributed by atoms with E-state index in [1.165, 1.54) is 5.56 Å². The average Bonchev–Trinajstić information content (AvgIpc) is 2.75. The molecule has 1 aromatic heterocycles. The summed E-state index contributed by atoms with van der Waals surface area (Å²) in [5, 5.41) is 6.44. The van der Waals surface area contributed by atoms with E-state index in [9.17, 15) is 4.79 Å². The predicted molar refractivity (Wildman–Crippen MR) is 78.5 cm³/mol. The van der Waals surface area contributed by atoms with Crippen molar-refractivity contribution in [3.8, 4) is 0 Å². The minimum atomic E-state index is -0.451. The van der Waals surface area contributed by atoms with E-state index in [-0.39, 0.29) is 11.6 Å². The fourth-order valence-electron chi connectivity index (χ4n) is 2.38. The SMILES string of the molecule is CC(C)(C)OC(=O)NC1(CNCc2cc[nH]c2)CCC1. The quantitative estimate of drug-likeness (QED) is 0.776. The number of carbonyl (C=O) groups excluding carboxylic acids is 1. The zero-order valence-corrected chi connectivity index (χ0v) is 12.6. The summed E-state index contributed by atoms with van der Waals surface area (Å²) in [7, 11) is 0. The Hall–Kier alpha value is -1.49. The predicted octanol–water partition coefficient (Wildman–Crippen LogP) is 2.55. The van der Waals surface area contributed by atoms with E-state index in [1.807, 2.05) is 39.2 Å². The molecule has 1 aliphatic carbocycles. The van der Waals surface area contributed by atoms with Gasteiger partial charge in [-0.1, -0.05) is 0 Å². The van der Waals surface area contributed by atoms with Gasteiger partial charge >= 0.3 is 6.09 Å². The van der Waals surface area contributed by atoms with Gasteiger partial charge in [-0.25, -0.2) is 4.79 Å². The first-order valence-corrected chi connectivity index (χ1v) is 7.22. The van der Waals surface area contributed by atoms with Gasteiger partial charge in [0, 0.05) is 25.5 Å². The molecule has 0 unspecified atom stereocenters. The van der Waals surface area contributed by atoms with Gasteiger partial charge in [-0.05, 0) is 51.7 Å². The first kappa shape index (κ1) is 14.9. The molecule has 5 nitrogen and oxygen atoms in total. The second-order valence-electron chi connectivity index (χ2n) is 6.58. The van der Waals surface area contributed by atoms with Crippen LogP contribution in [0.15, 0.2) is 18.5 Å². The summed E-state index contributed by atoms with van der Waals surface area (Å²) in [6.45, 7) is 7.22. The maximum absolute atomic E-state index is 11.9. The first-order valence-electron chi connectivity index (χ1n) is 7.22. The van der Waals surface area contributed by atoms with Crippen molar-refractivity contribution in [2.45, 2.75) is 57.7 Å². The Balaban J connectivity index is 1.78. The Kier molecular flexibility index (Phi) is 4.38. The fourth-order valence-corrected chi connectivity index (χ4v) is 2.38. The molecule has 0 aromatic carbocycles. The molecular formula is C15H25N3O2. The normalized spacial score (nSPS) is 17.4. The topological polar surface area (TPSA) is 66.2 Å². The van der Waals surface area contributed by atoms with E-state index in [1.54, 1.807) is 0 Å². The highest BCUT2D eigenvalue weighted by molar-refractivity contribution is 5.69. The fraction of sp³-hybridized carbons (Fsp3) is 0.667. The van der Waals surface area contributed by atoms with Crippen molar-refractivity contribution >= 4 is 6.09 Å². The van der Waals surface area contributed by atoms with Gasteiger partial charge in [0.25, 0.3) is 0 Å². The molecule has 20 heavy (non-hydrogen) atoms. The monoisotopic (exact) mass is 279 g/mol. The Bertz CT molecular complexity index is 430. The molecule has 2 rings (SSSR count). The van der Waals surface area contributed by atoms with E-state index < -0.39 is 5.60 Å². The van der Waals surface area contributed by atoms with Crippen LogP contribution >= 0.6 is 0 Å². The molecular weight excluding hydrogens is 254 g/mol. The van der Waals surface area contributed by atoms with Crippen LogP contribution in [0.2, 0.25) is 0 Å². The smallest absolute Gasteiger partial charge is 0.408 e. The van der Waals surface area contributed by atoms with Crippen molar-refractivity contribution in [3.05, 3.63) is 24.0 Å². The highest BCUT2D eigenvalue weighted by Gasteiger charge is 2.39. The zero-order chi connectivity index (χ0) is 14.6. The number of hydrogen-bond acceptors (Lipinski definition) is 3. The summed E-state index contributed by atoms with van der Waals surface area (Å²) in [6.07, 6.45) is 6.73. The lowest BCUT2D eigenvalue weighted by molar-refractivity contribution is 0.0382. The number of alkyl carbamates (subject to hydrolysis) is 1. The Morgan fingerprint density at radius 1 is 1.45 bits per heavy atom. The molecule has 112 valence electrons. The second kappa shape index (κ2) is 5.87. The lowest BCUT2D eigenvalue weighted by Gasteiger charge is -2.42. The van der Waals surface area contributed by atoms with Gasteiger partial charge in [0.15, 0.2) is 0 Å². The minimum Gasteiger partial charge on any atom is -0.444 e. The van der Waals surface area contributed by atoms with E-state index in [2.05, 4.69) is 15.6 Å². The molecule has 0 bridgehead atoms. The summed E-state index contributed by atoms with van der Waals surface area (Å²) >= 11 is 0. The molecule has 1 amide bonds. The van der Waals surface area contributed by atoms with Crippen LogP contribution in [0.4, 0.5) is 4.79 Å². The van der Waals surface area contributed by atoms with E-state index in [4.69, 9.17) is 4.74 Å². The lowest BCUT2D eigenvalue weighted by atomic mass is 9.76. The van der Waals surface area contributed by atoms with E-state index >= 15 is 0 Å². The van der Waals surface area contributed by atoms with Gasteiger partial charge in [0.05, 0.1) is 5.54 Å². The molecule has 0 atom stereocenters. The maximum atomic E-state index is 11.9. The van der Waals surface area contributed by atoms with Crippen molar-refractivity contribution in [3.63, 3.8) is 0 Å². The molecule has 0 radical (unpaired) electrons. The number of rotatable bonds is 5. The molecule has 0 aliphatic heterocycles. The third-order valence-corrected chi connectivity index (χ3v) is 3.53. The lowest BCUT2D eigenvalue weighted by Crippen LogP contribution is -2.59. The van der Waals surface area contributed by atoms with Crippen LogP contribution < -0.4 is 10.6 Å². The minimum absolute atomic E-state index is 0.140. The summed E-state index contributed by atoms with van der Waals surface area (Å²) in [5.74, 6) is 0. The molecule has 1 heterocycles.